The third kappa shape index (κ3) is 8.69. The van der Waals surface area contributed by atoms with Crippen molar-refractivity contribution in [2.45, 2.75) is 116 Å². The lowest BCUT2D eigenvalue weighted by Gasteiger charge is -2.28. The van der Waals surface area contributed by atoms with Gasteiger partial charge in [0.05, 0.1) is 6.10 Å². The molecule has 41 heavy (non-hydrogen) atoms. The molecule has 3 aromatic carbocycles. The number of aliphatic hydroxyl groups is 1. The molecule has 1 amide bonds. The SMILES string of the molecule is CCCCCCCCCC(O)CCc1ccc(C(C)(C)C)c(NC(=O)CC2c3ccccc3Oc3ccccc32)c1. The number of aliphatic hydroxyl groups excluding tert-OH is 1. The highest BCUT2D eigenvalue weighted by molar-refractivity contribution is 5.93. The average molecular weight is 556 g/mol. The molecule has 4 heteroatoms. The predicted molar refractivity (Wildman–Crippen MR) is 170 cm³/mol. The van der Waals surface area contributed by atoms with Gasteiger partial charge >= 0.3 is 0 Å². The normalized spacial score (nSPS) is 13.7. The lowest BCUT2D eigenvalue weighted by Crippen LogP contribution is -2.22. The Morgan fingerprint density at radius 3 is 2.10 bits per heavy atom. The zero-order valence-corrected chi connectivity index (χ0v) is 25.5. The molecule has 1 aliphatic rings. The van der Waals surface area contributed by atoms with E-state index < -0.39 is 0 Å². The van der Waals surface area contributed by atoms with Gasteiger partial charge in [-0.3, -0.25) is 4.79 Å². The first kappa shape index (κ1) is 30.8. The molecule has 0 spiro atoms. The van der Waals surface area contributed by atoms with Crippen LogP contribution in [-0.2, 0) is 16.6 Å². The van der Waals surface area contributed by atoms with Crippen molar-refractivity contribution >= 4 is 11.6 Å². The molecular formula is C37H49NO3. The van der Waals surface area contributed by atoms with Crippen LogP contribution in [-0.4, -0.2) is 17.1 Å². The fourth-order valence-electron chi connectivity index (χ4n) is 5.93. The molecule has 1 aliphatic heterocycles. The zero-order valence-electron chi connectivity index (χ0n) is 25.5. The summed E-state index contributed by atoms with van der Waals surface area (Å²) in [7, 11) is 0. The number of unbranched alkanes of at least 4 members (excludes halogenated alkanes) is 6. The Bertz CT molecular complexity index is 1230. The summed E-state index contributed by atoms with van der Waals surface area (Å²) < 4.78 is 6.13. The van der Waals surface area contributed by atoms with Gasteiger partial charge in [0.25, 0.3) is 0 Å². The quantitative estimate of drug-likeness (QED) is 0.195. The van der Waals surface area contributed by atoms with Crippen LogP contribution in [0.15, 0.2) is 66.7 Å². The molecule has 0 saturated carbocycles. The molecule has 4 rings (SSSR count). The Kier molecular flexibility index (Phi) is 11.0. The molecule has 0 bridgehead atoms. The summed E-state index contributed by atoms with van der Waals surface area (Å²) in [5.41, 5.74) is 5.10. The van der Waals surface area contributed by atoms with E-state index in [1.807, 2.05) is 36.4 Å². The Morgan fingerprint density at radius 1 is 0.854 bits per heavy atom. The fraction of sp³-hybridized carbons (Fsp3) is 0.486. The van der Waals surface area contributed by atoms with Crippen molar-refractivity contribution in [3.05, 3.63) is 89.0 Å². The van der Waals surface area contributed by atoms with Gasteiger partial charge in [-0.05, 0) is 54.0 Å². The molecule has 1 atom stereocenters. The smallest absolute Gasteiger partial charge is 0.225 e. The number of fused-ring (bicyclic) bond motifs is 2. The van der Waals surface area contributed by atoms with Crippen molar-refractivity contribution in [1.82, 2.24) is 0 Å². The number of amides is 1. The van der Waals surface area contributed by atoms with E-state index in [1.54, 1.807) is 0 Å². The number of benzene rings is 3. The van der Waals surface area contributed by atoms with E-state index in [1.165, 1.54) is 38.5 Å². The molecule has 0 aromatic heterocycles. The standard InChI is InChI=1S/C37H49NO3/c1-5-6-7-8-9-10-11-16-28(39)23-21-27-22-24-32(37(2,3)4)33(25-27)38-36(40)26-31-29-17-12-14-19-34(29)41-35-20-15-13-18-30(31)35/h12-15,17-20,22,24-25,28,31,39H,5-11,16,21,23,26H2,1-4H3,(H,38,40). The first-order valence-electron chi connectivity index (χ1n) is 15.7. The summed E-state index contributed by atoms with van der Waals surface area (Å²) in [6.07, 6.45) is 11.3. The van der Waals surface area contributed by atoms with Crippen LogP contribution in [0.2, 0.25) is 0 Å². The zero-order chi connectivity index (χ0) is 29.2. The van der Waals surface area contributed by atoms with E-state index in [0.29, 0.717) is 6.42 Å². The van der Waals surface area contributed by atoms with Crippen molar-refractivity contribution in [2.24, 2.45) is 0 Å². The van der Waals surface area contributed by atoms with Gasteiger partial charge in [0, 0.05) is 29.2 Å². The van der Waals surface area contributed by atoms with Crippen LogP contribution in [0.4, 0.5) is 5.69 Å². The highest BCUT2D eigenvalue weighted by Gasteiger charge is 2.29. The molecule has 1 unspecified atom stereocenters. The average Bonchev–Trinajstić information content (AvgIpc) is 2.95. The van der Waals surface area contributed by atoms with Crippen molar-refractivity contribution in [3.8, 4) is 11.5 Å². The van der Waals surface area contributed by atoms with Crippen LogP contribution in [0.1, 0.15) is 120 Å². The summed E-state index contributed by atoms with van der Waals surface area (Å²) in [5.74, 6) is 1.55. The van der Waals surface area contributed by atoms with Crippen LogP contribution in [0.5, 0.6) is 11.5 Å². The summed E-state index contributed by atoms with van der Waals surface area (Å²) >= 11 is 0. The second-order valence-electron chi connectivity index (χ2n) is 12.7. The largest absolute Gasteiger partial charge is 0.457 e. The van der Waals surface area contributed by atoms with E-state index in [2.05, 4.69) is 63.3 Å². The Morgan fingerprint density at radius 2 is 1.46 bits per heavy atom. The highest BCUT2D eigenvalue weighted by atomic mass is 16.5. The van der Waals surface area contributed by atoms with Crippen molar-refractivity contribution in [1.29, 1.82) is 0 Å². The second kappa shape index (κ2) is 14.7. The number of hydrogen-bond acceptors (Lipinski definition) is 3. The van der Waals surface area contributed by atoms with Crippen LogP contribution in [0, 0.1) is 0 Å². The Labute approximate surface area is 247 Å². The topological polar surface area (TPSA) is 58.6 Å². The monoisotopic (exact) mass is 555 g/mol. The van der Waals surface area contributed by atoms with Crippen LogP contribution in [0.3, 0.4) is 0 Å². The number of carbonyl (C=O) groups excluding carboxylic acids is 1. The number of ether oxygens (including phenoxy) is 1. The highest BCUT2D eigenvalue weighted by Crippen LogP contribution is 2.45. The number of carbonyl (C=O) groups is 1. The number of anilines is 1. The molecular weight excluding hydrogens is 506 g/mol. The van der Waals surface area contributed by atoms with E-state index in [9.17, 15) is 9.90 Å². The van der Waals surface area contributed by atoms with Crippen LogP contribution < -0.4 is 10.1 Å². The maximum absolute atomic E-state index is 13.6. The lowest BCUT2D eigenvalue weighted by molar-refractivity contribution is -0.116. The minimum atomic E-state index is -0.278. The molecule has 0 saturated heterocycles. The van der Waals surface area contributed by atoms with Crippen molar-refractivity contribution in [3.63, 3.8) is 0 Å². The van der Waals surface area contributed by atoms with Gasteiger partial charge in [-0.25, -0.2) is 0 Å². The first-order chi connectivity index (χ1) is 19.8. The van der Waals surface area contributed by atoms with Gasteiger partial charge in [-0.1, -0.05) is 121 Å². The summed E-state index contributed by atoms with van der Waals surface area (Å²) in [6, 6.07) is 22.4. The van der Waals surface area contributed by atoms with E-state index in [4.69, 9.17) is 4.74 Å². The molecule has 0 aliphatic carbocycles. The maximum atomic E-state index is 13.6. The summed E-state index contributed by atoms with van der Waals surface area (Å²) in [6.45, 7) is 8.77. The first-order valence-corrected chi connectivity index (χ1v) is 15.7. The number of nitrogens with one attached hydrogen (secondary N) is 1. The minimum absolute atomic E-state index is 0.0110. The van der Waals surface area contributed by atoms with Crippen LogP contribution >= 0.6 is 0 Å². The van der Waals surface area contributed by atoms with Crippen LogP contribution in [0.25, 0.3) is 0 Å². The van der Waals surface area contributed by atoms with Gasteiger partial charge in [0.15, 0.2) is 0 Å². The molecule has 3 aromatic rings. The summed E-state index contributed by atoms with van der Waals surface area (Å²) in [4.78, 5) is 13.6. The fourth-order valence-corrected chi connectivity index (χ4v) is 5.93. The molecule has 1 heterocycles. The number of para-hydroxylation sites is 2. The van der Waals surface area contributed by atoms with Crippen molar-refractivity contribution < 1.29 is 14.6 Å². The number of rotatable bonds is 14. The third-order valence-electron chi connectivity index (χ3n) is 8.27. The van der Waals surface area contributed by atoms with Crippen molar-refractivity contribution in [2.75, 3.05) is 5.32 Å². The van der Waals surface area contributed by atoms with Gasteiger partial charge in [-0.2, -0.15) is 0 Å². The Hall–Kier alpha value is -3.11. The van der Waals surface area contributed by atoms with E-state index >= 15 is 0 Å². The Balaban J connectivity index is 1.40. The van der Waals surface area contributed by atoms with Gasteiger partial charge in [0.1, 0.15) is 11.5 Å². The van der Waals surface area contributed by atoms with E-state index in [0.717, 1.165) is 65.1 Å². The molecule has 2 N–H and O–H groups in total. The van der Waals surface area contributed by atoms with Gasteiger partial charge < -0.3 is 15.2 Å². The van der Waals surface area contributed by atoms with Gasteiger partial charge in [0.2, 0.25) is 5.91 Å². The molecule has 0 radical (unpaired) electrons. The summed E-state index contributed by atoms with van der Waals surface area (Å²) in [5, 5.41) is 13.9. The molecule has 4 nitrogen and oxygen atoms in total. The van der Waals surface area contributed by atoms with Gasteiger partial charge in [-0.15, -0.1) is 0 Å². The number of aryl methyl sites for hydroxylation is 1. The molecule has 220 valence electrons. The second-order valence-corrected chi connectivity index (χ2v) is 12.7. The van der Waals surface area contributed by atoms with E-state index in [-0.39, 0.29) is 23.3 Å². The minimum Gasteiger partial charge on any atom is -0.457 e. The maximum Gasteiger partial charge on any atom is 0.225 e. The molecule has 0 fully saturated rings. The number of hydrogen-bond donors (Lipinski definition) is 2. The lowest BCUT2D eigenvalue weighted by atomic mass is 9.84. The third-order valence-corrected chi connectivity index (χ3v) is 8.27. The predicted octanol–water partition coefficient (Wildman–Crippen LogP) is 9.68.